The van der Waals surface area contributed by atoms with E-state index in [2.05, 4.69) is 20.3 Å². The van der Waals surface area contributed by atoms with Gasteiger partial charge < -0.3 is 15.2 Å². The topological polar surface area (TPSA) is 85.1 Å². The molecule has 7 nitrogen and oxygen atoms in total. The van der Waals surface area contributed by atoms with E-state index in [4.69, 9.17) is 4.74 Å². The molecule has 0 bridgehead atoms. The van der Waals surface area contributed by atoms with E-state index in [-0.39, 0.29) is 12.0 Å². The molecule has 1 atom stereocenters. The number of nitrogens with one attached hydrogen (secondary N) is 1. The van der Waals surface area contributed by atoms with E-state index >= 15 is 0 Å². The summed E-state index contributed by atoms with van der Waals surface area (Å²) in [6, 6.07) is 5.15. The highest BCUT2D eigenvalue weighted by molar-refractivity contribution is 5.85. The van der Waals surface area contributed by atoms with E-state index in [1.165, 1.54) is 6.33 Å². The summed E-state index contributed by atoms with van der Waals surface area (Å²) in [6.45, 7) is 2.69. The Bertz CT molecular complexity index is 855. The maximum atomic E-state index is 9.52. The zero-order valence-corrected chi connectivity index (χ0v) is 12.7. The molecule has 0 amide bonds. The molecule has 0 radical (unpaired) electrons. The van der Waals surface area contributed by atoms with Crippen LogP contribution < -0.4 is 5.32 Å². The molecule has 0 saturated carbocycles. The minimum absolute atomic E-state index is 0.00171. The summed E-state index contributed by atoms with van der Waals surface area (Å²) in [7, 11) is 0. The normalized spacial score (nSPS) is 17.7. The van der Waals surface area contributed by atoms with E-state index in [1.807, 2.05) is 17.6 Å². The third kappa shape index (κ3) is 2.49. The number of nitrogens with zero attached hydrogens (tertiary/aromatic N) is 4. The van der Waals surface area contributed by atoms with Crippen molar-refractivity contribution in [2.45, 2.75) is 26.0 Å². The van der Waals surface area contributed by atoms with Crippen LogP contribution in [0.15, 0.2) is 30.9 Å². The molecule has 1 aliphatic heterocycles. The van der Waals surface area contributed by atoms with Crippen LogP contribution in [0.25, 0.3) is 11.2 Å². The van der Waals surface area contributed by atoms with Crippen molar-refractivity contribution in [2.24, 2.45) is 0 Å². The van der Waals surface area contributed by atoms with Gasteiger partial charge in [-0.1, -0.05) is 0 Å². The Kier molecular flexibility index (Phi) is 3.34. The maximum Gasteiger partial charge on any atom is 0.167 e. The van der Waals surface area contributed by atoms with Crippen LogP contribution in [0.5, 0.6) is 5.75 Å². The predicted molar refractivity (Wildman–Crippen MR) is 85.7 cm³/mol. The lowest BCUT2D eigenvalue weighted by Crippen LogP contribution is -2.06. The summed E-state index contributed by atoms with van der Waals surface area (Å²) in [4.78, 5) is 13.1. The molecule has 0 aliphatic carbocycles. The Morgan fingerprint density at radius 3 is 3.00 bits per heavy atom. The number of benzene rings is 1. The fourth-order valence-electron chi connectivity index (χ4n) is 2.85. The average Bonchev–Trinajstić information content (AvgIpc) is 3.19. The third-order valence-corrected chi connectivity index (χ3v) is 4.04. The first-order valence-corrected chi connectivity index (χ1v) is 7.58. The lowest BCUT2D eigenvalue weighted by molar-refractivity contribution is 0.0593. The highest BCUT2D eigenvalue weighted by Gasteiger charge is 2.21. The van der Waals surface area contributed by atoms with Gasteiger partial charge in [0.05, 0.1) is 6.33 Å². The number of rotatable bonds is 3. The van der Waals surface area contributed by atoms with E-state index in [9.17, 15) is 5.11 Å². The highest BCUT2D eigenvalue weighted by Crippen LogP contribution is 2.29. The largest absolute Gasteiger partial charge is 0.508 e. The molecule has 3 heterocycles. The van der Waals surface area contributed by atoms with Crippen molar-refractivity contribution in [1.82, 2.24) is 19.5 Å². The van der Waals surface area contributed by atoms with E-state index < -0.39 is 0 Å². The molecule has 1 aromatic carbocycles. The first-order chi connectivity index (χ1) is 11.2. The van der Waals surface area contributed by atoms with E-state index in [0.29, 0.717) is 11.3 Å². The zero-order valence-electron chi connectivity index (χ0n) is 12.7. The smallest absolute Gasteiger partial charge is 0.167 e. The molecule has 1 unspecified atom stereocenters. The molecule has 2 aromatic heterocycles. The number of aromatic nitrogens is 4. The molecule has 1 saturated heterocycles. The summed E-state index contributed by atoms with van der Waals surface area (Å²) in [5, 5.41) is 12.8. The molecule has 23 heavy (non-hydrogen) atoms. The van der Waals surface area contributed by atoms with Crippen LogP contribution in [0.3, 0.4) is 0 Å². The van der Waals surface area contributed by atoms with Gasteiger partial charge in [0, 0.05) is 12.3 Å². The number of fused-ring (bicyclic) bond motifs is 1. The highest BCUT2D eigenvalue weighted by atomic mass is 16.5. The first kappa shape index (κ1) is 14.0. The van der Waals surface area contributed by atoms with Gasteiger partial charge in [-0.05, 0) is 43.5 Å². The lowest BCUT2D eigenvalue weighted by atomic mass is 10.2. The fraction of sp³-hybridized carbons (Fsp3) is 0.312. The molecule has 0 spiro atoms. The van der Waals surface area contributed by atoms with E-state index in [1.54, 1.807) is 18.5 Å². The monoisotopic (exact) mass is 311 g/mol. The molecule has 4 rings (SSSR count). The second-order valence-corrected chi connectivity index (χ2v) is 5.64. The summed E-state index contributed by atoms with van der Waals surface area (Å²) in [5.41, 5.74) is 3.26. The van der Waals surface area contributed by atoms with Crippen molar-refractivity contribution in [3.05, 3.63) is 36.4 Å². The third-order valence-electron chi connectivity index (χ3n) is 4.04. The fourth-order valence-corrected chi connectivity index (χ4v) is 2.85. The number of anilines is 2. The summed E-state index contributed by atoms with van der Waals surface area (Å²) in [5.74, 6) is 0.879. The van der Waals surface area contributed by atoms with Gasteiger partial charge in [-0.25, -0.2) is 15.0 Å². The van der Waals surface area contributed by atoms with Gasteiger partial charge in [-0.3, -0.25) is 4.57 Å². The van der Waals surface area contributed by atoms with Crippen molar-refractivity contribution in [1.29, 1.82) is 0 Å². The Morgan fingerprint density at radius 2 is 2.22 bits per heavy atom. The molecule has 1 aliphatic rings. The Morgan fingerprint density at radius 1 is 1.30 bits per heavy atom. The number of phenols is 1. The van der Waals surface area contributed by atoms with Crippen LogP contribution in [0, 0.1) is 6.92 Å². The number of hydrogen-bond donors (Lipinski definition) is 2. The van der Waals surface area contributed by atoms with Crippen LogP contribution in [-0.4, -0.2) is 31.2 Å². The number of aryl methyl sites for hydroxylation is 1. The van der Waals surface area contributed by atoms with Crippen LogP contribution in [0.4, 0.5) is 11.5 Å². The second kappa shape index (κ2) is 5.51. The SMILES string of the molecule is Cc1cc(O)ccc1Nc1ncnc2c1ncn2C1CCCO1. The van der Waals surface area contributed by atoms with Gasteiger partial charge in [-0.2, -0.15) is 0 Å². The van der Waals surface area contributed by atoms with Crippen LogP contribution in [-0.2, 0) is 4.74 Å². The van der Waals surface area contributed by atoms with Crippen molar-refractivity contribution >= 4 is 22.7 Å². The molecule has 2 N–H and O–H groups in total. The summed E-state index contributed by atoms with van der Waals surface area (Å²) < 4.78 is 7.67. The molecule has 7 heteroatoms. The van der Waals surface area contributed by atoms with Gasteiger partial charge in [0.15, 0.2) is 17.0 Å². The predicted octanol–water partition coefficient (Wildman–Crippen LogP) is 2.89. The van der Waals surface area contributed by atoms with Crippen molar-refractivity contribution < 1.29 is 9.84 Å². The number of ether oxygens (including phenoxy) is 1. The molecular weight excluding hydrogens is 294 g/mol. The maximum absolute atomic E-state index is 9.52. The molecule has 3 aromatic rings. The molecular formula is C16H17N5O2. The number of aromatic hydroxyl groups is 1. The van der Waals surface area contributed by atoms with Crippen molar-refractivity contribution in [2.75, 3.05) is 11.9 Å². The standard InChI is InChI=1S/C16H17N5O2/c1-10-7-11(22)4-5-12(10)20-15-14-16(18-8-17-15)21(9-19-14)13-3-2-6-23-13/h4-5,7-9,13,22H,2-3,6H2,1H3,(H,17,18,20). The Balaban J connectivity index is 1.73. The minimum Gasteiger partial charge on any atom is -0.508 e. The zero-order chi connectivity index (χ0) is 15.8. The first-order valence-electron chi connectivity index (χ1n) is 7.58. The van der Waals surface area contributed by atoms with Crippen LogP contribution in [0.1, 0.15) is 24.6 Å². The van der Waals surface area contributed by atoms with Gasteiger partial charge >= 0.3 is 0 Å². The Hall–Kier alpha value is -2.67. The second-order valence-electron chi connectivity index (χ2n) is 5.64. The Labute approximate surface area is 133 Å². The van der Waals surface area contributed by atoms with Crippen LogP contribution in [0.2, 0.25) is 0 Å². The summed E-state index contributed by atoms with van der Waals surface area (Å²) >= 11 is 0. The van der Waals surface area contributed by atoms with Gasteiger partial charge in [0.2, 0.25) is 0 Å². The minimum atomic E-state index is -0.00171. The van der Waals surface area contributed by atoms with Crippen LogP contribution >= 0.6 is 0 Å². The van der Waals surface area contributed by atoms with Gasteiger partial charge in [0.25, 0.3) is 0 Å². The van der Waals surface area contributed by atoms with Crippen molar-refractivity contribution in [3.63, 3.8) is 0 Å². The molecule has 1 fully saturated rings. The quantitative estimate of drug-likeness (QED) is 0.723. The molecule has 118 valence electrons. The van der Waals surface area contributed by atoms with Gasteiger partial charge in [0.1, 0.15) is 18.3 Å². The average molecular weight is 311 g/mol. The number of phenolic OH excluding ortho intramolecular Hbond substituents is 1. The number of hydrogen-bond acceptors (Lipinski definition) is 6. The van der Waals surface area contributed by atoms with Gasteiger partial charge in [-0.15, -0.1) is 0 Å². The number of imidazole rings is 1. The van der Waals surface area contributed by atoms with E-state index in [0.717, 1.165) is 36.3 Å². The summed E-state index contributed by atoms with van der Waals surface area (Å²) in [6.07, 6.45) is 5.29. The lowest BCUT2D eigenvalue weighted by Gasteiger charge is -2.12. The van der Waals surface area contributed by atoms with Crippen molar-refractivity contribution in [3.8, 4) is 5.75 Å².